The van der Waals surface area contributed by atoms with E-state index in [1.165, 1.54) is 12.1 Å². The van der Waals surface area contributed by atoms with Gasteiger partial charge >= 0.3 is 0 Å². The molecule has 0 saturated carbocycles. The van der Waals surface area contributed by atoms with Gasteiger partial charge in [-0.05, 0) is 40.2 Å². The number of anilines is 1. The summed E-state index contributed by atoms with van der Waals surface area (Å²) < 4.78 is 13.6. The molecule has 0 radical (unpaired) electrons. The summed E-state index contributed by atoms with van der Waals surface area (Å²) in [5.41, 5.74) is 1.55. The molecular formula is C12H9BrClFN2. The summed E-state index contributed by atoms with van der Waals surface area (Å²) in [6, 6.07) is 8.30. The van der Waals surface area contributed by atoms with Gasteiger partial charge in [-0.25, -0.2) is 4.39 Å². The number of nitrogens with zero attached hydrogens (tertiary/aromatic N) is 1. The van der Waals surface area contributed by atoms with E-state index in [0.29, 0.717) is 21.7 Å². The van der Waals surface area contributed by atoms with Gasteiger partial charge in [-0.2, -0.15) is 0 Å². The molecule has 1 N–H and O–H groups in total. The van der Waals surface area contributed by atoms with Crippen LogP contribution >= 0.6 is 27.5 Å². The summed E-state index contributed by atoms with van der Waals surface area (Å²) in [6.45, 7) is 0.533. The molecule has 0 bridgehead atoms. The van der Waals surface area contributed by atoms with Gasteiger partial charge in [0.2, 0.25) is 0 Å². The molecule has 17 heavy (non-hydrogen) atoms. The quantitative estimate of drug-likeness (QED) is 0.916. The number of pyridine rings is 1. The van der Waals surface area contributed by atoms with E-state index in [2.05, 4.69) is 26.2 Å². The Labute approximate surface area is 112 Å². The van der Waals surface area contributed by atoms with Crippen molar-refractivity contribution >= 4 is 33.2 Å². The number of benzene rings is 1. The predicted octanol–water partition coefficient (Wildman–Crippen LogP) is 4.25. The number of aromatic nitrogens is 1. The first kappa shape index (κ1) is 12.3. The molecule has 0 unspecified atom stereocenters. The molecular weight excluding hydrogens is 307 g/mol. The molecule has 0 spiro atoms. The lowest BCUT2D eigenvalue weighted by molar-refractivity contribution is 0.627. The molecule has 0 atom stereocenters. The average Bonchev–Trinajstić information content (AvgIpc) is 2.29. The molecule has 1 aromatic heterocycles. The number of nitrogens with one attached hydrogen (secondary N) is 1. The van der Waals surface area contributed by atoms with Crippen molar-refractivity contribution < 1.29 is 4.39 Å². The summed E-state index contributed by atoms with van der Waals surface area (Å²) in [4.78, 5) is 4.18. The molecule has 0 saturated heterocycles. The minimum Gasteiger partial charge on any atom is -0.377 e. The Balaban J connectivity index is 2.15. The van der Waals surface area contributed by atoms with Crippen LogP contribution in [0.25, 0.3) is 0 Å². The highest BCUT2D eigenvalue weighted by molar-refractivity contribution is 9.10. The molecule has 0 amide bonds. The van der Waals surface area contributed by atoms with Gasteiger partial charge in [0.25, 0.3) is 0 Å². The van der Waals surface area contributed by atoms with Crippen LogP contribution in [0.1, 0.15) is 5.69 Å². The Morgan fingerprint density at radius 3 is 2.82 bits per heavy atom. The topological polar surface area (TPSA) is 24.9 Å². The van der Waals surface area contributed by atoms with Gasteiger partial charge in [0, 0.05) is 10.7 Å². The third-order valence-corrected chi connectivity index (χ3v) is 3.10. The molecule has 0 fully saturated rings. The molecule has 1 heterocycles. The minimum absolute atomic E-state index is 0.341. The van der Waals surface area contributed by atoms with E-state index in [4.69, 9.17) is 11.6 Å². The van der Waals surface area contributed by atoms with Gasteiger partial charge in [0.1, 0.15) is 5.82 Å². The molecule has 5 heteroatoms. The van der Waals surface area contributed by atoms with Crippen LogP contribution in [0.3, 0.4) is 0 Å². The second-order valence-electron chi connectivity index (χ2n) is 3.42. The maximum atomic E-state index is 13.0. The second kappa shape index (κ2) is 5.47. The van der Waals surface area contributed by atoms with Crippen molar-refractivity contribution in [2.45, 2.75) is 6.54 Å². The molecule has 0 aliphatic heterocycles. The van der Waals surface area contributed by atoms with Crippen molar-refractivity contribution in [3.05, 3.63) is 57.5 Å². The van der Waals surface area contributed by atoms with Gasteiger partial charge in [0.05, 0.1) is 22.9 Å². The van der Waals surface area contributed by atoms with E-state index < -0.39 is 0 Å². The van der Waals surface area contributed by atoms with Crippen LogP contribution in [0.2, 0.25) is 5.02 Å². The van der Waals surface area contributed by atoms with Gasteiger partial charge in [-0.15, -0.1) is 0 Å². The summed E-state index contributed by atoms with van der Waals surface area (Å²) in [5.74, 6) is -0.370. The van der Waals surface area contributed by atoms with Crippen molar-refractivity contribution in [1.29, 1.82) is 0 Å². The van der Waals surface area contributed by atoms with Crippen LogP contribution in [0.15, 0.2) is 41.0 Å². The molecule has 2 rings (SSSR count). The van der Waals surface area contributed by atoms with Crippen molar-refractivity contribution in [3.8, 4) is 0 Å². The zero-order chi connectivity index (χ0) is 12.3. The first-order chi connectivity index (χ1) is 8.16. The number of hydrogen-bond acceptors (Lipinski definition) is 2. The highest BCUT2D eigenvalue weighted by Crippen LogP contribution is 2.31. The lowest BCUT2D eigenvalue weighted by Crippen LogP contribution is -2.02. The Kier molecular flexibility index (Phi) is 3.97. The first-order valence-corrected chi connectivity index (χ1v) is 6.12. The third kappa shape index (κ3) is 3.17. The van der Waals surface area contributed by atoms with Crippen molar-refractivity contribution in [2.24, 2.45) is 0 Å². The van der Waals surface area contributed by atoms with Crippen molar-refractivity contribution in [3.63, 3.8) is 0 Å². The van der Waals surface area contributed by atoms with E-state index in [1.54, 1.807) is 6.20 Å². The van der Waals surface area contributed by atoms with Gasteiger partial charge < -0.3 is 5.32 Å². The maximum absolute atomic E-state index is 13.0. The molecule has 0 aliphatic rings. The Morgan fingerprint density at radius 2 is 2.18 bits per heavy atom. The van der Waals surface area contributed by atoms with Crippen LogP contribution in [-0.2, 0) is 6.54 Å². The highest BCUT2D eigenvalue weighted by atomic mass is 79.9. The molecule has 1 aromatic carbocycles. The van der Waals surface area contributed by atoms with Crippen molar-refractivity contribution in [2.75, 3.05) is 5.32 Å². The lowest BCUT2D eigenvalue weighted by Gasteiger charge is -2.10. The zero-order valence-electron chi connectivity index (χ0n) is 8.75. The normalized spacial score (nSPS) is 10.3. The predicted molar refractivity (Wildman–Crippen MR) is 70.7 cm³/mol. The summed E-state index contributed by atoms with van der Waals surface area (Å²) >= 11 is 9.21. The SMILES string of the molecule is Fc1cc(Cl)c(NCc2ccccn2)c(Br)c1. The molecule has 2 aromatic rings. The van der Waals surface area contributed by atoms with Gasteiger partial charge in [-0.3, -0.25) is 4.98 Å². The lowest BCUT2D eigenvalue weighted by atomic mass is 10.3. The zero-order valence-corrected chi connectivity index (χ0v) is 11.1. The van der Waals surface area contributed by atoms with E-state index in [9.17, 15) is 4.39 Å². The van der Waals surface area contributed by atoms with E-state index in [-0.39, 0.29) is 5.82 Å². The summed E-state index contributed by atoms with van der Waals surface area (Å²) in [6.07, 6.45) is 1.72. The summed E-state index contributed by atoms with van der Waals surface area (Å²) in [7, 11) is 0. The van der Waals surface area contributed by atoms with Crippen LogP contribution < -0.4 is 5.32 Å². The van der Waals surface area contributed by atoms with E-state index >= 15 is 0 Å². The number of hydrogen-bond donors (Lipinski definition) is 1. The average molecular weight is 316 g/mol. The van der Waals surface area contributed by atoms with E-state index in [1.807, 2.05) is 18.2 Å². The fourth-order valence-electron chi connectivity index (χ4n) is 1.39. The molecule has 0 aliphatic carbocycles. The maximum Gasteiger partial charge on any atom is 0.125 e. The van der Waals surface area contributed by atoms with Gasteiger partial charge in [-0.1, -0.05) is 17.7 Å². The summed E-state index contributed by atoms with van der Waals surface area (Å²) in [5, 5.41) is 3.46. The second-order valence-corrected chi connectivity index (χ2v) is 4.68. The minimum atomic E-state index is -0.370. The Bertz CT molecular complexity index is 496. The van der Waals surface area contributed by atoms with Crippen LogP contribution in [-0.4, -0.2) is 4.98 Å². The number of halogens is 3. The monoisotopic (exact) mass is 314 g/mol. The van der Waals surface area contributed by atoms with Crippen LogP contribution in [0.5, 0.6) is 0 Å². The van der Waals surface area contributed by atoms with Crippen LogP contribution in [0.4, 0.5) is 10.1 Å². The van der Waals surface area contributed by atoms with Crippen LogP contribution in [0, 0.1) is 5.82 Å². The molecule has 2 nitrogen and oxygen atoms in total. The number of rotatable bonds is 3. The fraction of sp³-hybridized carbons (Fsp3) is 0.0833. The van der Waals surface area contributed by atoms with Gasteiger partial charge in [0.15, 0.2) is 0 Å². The van der Waals surface area contributed by atoms with Crippen molar-refractivity contribution in [1.82, 2.24) is 4.98 Å². The Morgan fingerprint density at radius 1 is 1.35 bits per heavy atom. The molecule has 88 valence electrons. The van der Waals surface area contributed by atoms with E-state index in [0.717, 1.165) is 5.69 Å². The smallest absolute Gasteiger partial charge is 0.125 e. The Hall–Kier alpha value is -1.13. The first-order valence-electron chi connectivity index (χ1n) is 4.95. The largest absolute Gasteiger partial charge is 0.377 e. The highest BCUT2D eigenvalue weighted by Gasteiger charge is 2.07. The third-order valence-electron chi connectivity index (χ3n) is 2.18. The fourth-order valence-corrected chi connectivity index (χ4v) is 2.35. The standard InChI is InChI=1S/C12H9BrClFN2/c13-10-5-8(15)6-11(14)12(10)17-7-9-3-1-2-4-16-9/h1-6,17H,7H2.